The van der Waals surface area contributed by atoms with Gasteiger partial charge in [-0.3, -0.25) is 4.79 Å². The highest BCUT2D eigenvalue weighted by molar-refractivity contribution is 5.93. The number of imidazole rings is 1. The van der Waals surface area contributed by atoms with Crippen molar-refractivity contribution in [3.8, 4) is 11.3 Å². The number of hydrogen-bond donors (Lipinski definition) is 0. The highest BCUT2D eigenvalue weighted by atomic mass is 16.2. The Kier molecular flexibility index (Phi) is 4.60. The van der Waals surface area contributed by atoms with Crippen molar-refractivity contribution in [1.82, 2.24) is 14.5 Å². The molecule has 0 unspecified atom stereocenters. The van der Waals surface area contributed by atoms with Crippen molar-refractivity contribution in [1.29, 1.82) is 0 Å². The molecule has 0 spiro atoms. The van der Waals surface area contributed by atoms with Crippen LogP contribution < -0.4 is 0 Å². The Morgan fingerprint density at radius 3 is 2.60 bits per heavy atom. The van der Waals surface area contributed by atoms with Gasteiger partial charge in [-0.2, -0.15) is 0 Å². The molecule has 0 bridgehead atoms. The van der Waals surface area contributed by atoms with Crippen LogP contribution in [-0.2, 0) is 6.67 Å². The number of rotatable bonds is 5. The smallest absolute Gasteiger partial charge is 0.291 e. The summed E-state index contributed by atoms with van der Waals surface area (Å²) in [5.41, 5.74) is 3.67. The number of benzene rings is 1. The molecule has 1 aliphatic heterocycles. The van der Waals surface area contributed by atoms with E-state index in [2.05, 4.69) is 40.7 Å². The summed E-state index contributed by atoms with van der Waals surface area (Å²) >= 11 is 0. The van der Waals surface area contributed by atoms with Crippen LogP contribution in [0.25, 0.3) is 11.3 Å². The zero-order valence-electron chi connectivity index (χ0n) is 15.1. The average Bonchev–Trinajstić information content (AvgIpc) is 3.21. The average molecular weight is 337 g/mol. The maximum absolute atomic E-state index is 12.5. The largest absolute Gasteiger partial charge is 0.318 e. The van der Waals surface area contributed by atoms with Gasteiger partial charge in [0.2, 0.25) is 5.82 Å². The molecule has 1 aromatic heterocycles. The standard InChI is InChI=1S/C21H27N3O/c1-2-3-13-23-15-24-19(14-22-20(24)21(23)25)18-11-9-17(10-12-18)16-7-5-4-6-8-16/h9-12,14,16H,2-8,13,15H2,1H3. The highest BCUT2D eigenvalue weighted by Crippen LogP contribution is 2.34. The van der Waals surface area contributed by atoms with E-state index in [1.807, 2.05) is 11.1 Å². The lowest BCUT2D eigenvalue weighted by Gasteiger charge is -2.22. The first-order valence-electron chi connectivity index (χ1n) is 9.73. The fourth-order valence-electron chi connectivity index (χ4n) is 4.18. The van der Waals surface area contributed by atoms with E-state index in [0.717, 1.165) is 36.6 Å². The Morgan fingerprint density at radius 1 is 1.12 bits per heavy atom. The number of carbonyl (C=O) groups is 1. The topological polar surface area (TPSA) is 38.1 Å². The second-order valence-electron chi connectivity index (χ2n) is 7.42. The maximum atomic E-state index is 12.5. The SMILES string of the molecule is CCCCN1Cn2c(-c3ccc(C4CCCCC4)cc3)cnc2C1=O. The number of unbranched alkanes of at least 4 members (excludes halogenated alkanes) is 1. The van der Waals surface area contributed by atoms with Crippen LogP contribution >= 0.6 is 0 Å². The van der Waals surface area contributed by atoms with Crippen molar-refractivity contribution in [3.63, 3.8) is 0 Å². The van der Waals surface area contributed by atoms with E-state index >= 15 is 0 Å². The molecule has 1 amide bonds. The fourth-order valence-corrected chi connectivity index (χ4v) is 4.18. The van der Waals surface area contributed by atoms with Gasteiger partial charge in [0.15, 0.2) is 0 Å². The molecule has 1 aromatic carbocycles. The molecule has 0 saturated heterocycles. The number of carbonyl (C=O) groups excluding carboxylic acids is 1. The fraction of sp³-hybridized carbons (Fsp3) is 0.524. The minimum absolute atomic E-state index is 0.0681. The molecule has 4 heteroatoms. The first kappa shape index (κ1) is 16.4. The third kappa shape index (κ3) is 3.10. The third-order valence-electron chi connectivity index (χ3n) is 5.71. The summed E-state index contributed by atoms with van der Waals surface area (Å²) in [6.07, 6.45) is 10.7. The Bertz CT molecular complexity index is 741. The quantitative estimate of drug-likeness (QED) is 0.785. The predicted molar refractivity (Wildman–Crippen MR) is 99.4 cm³/mol. The van der Waals surface area contributed by atoms with Crippen LogP contribution in [0.3, 0.4) is 0 Å². The van der Waals surface area contributed by atoms with Crippen molar-refractivity contribution in [2.75, 3.05) is 6.54 Å². The van der Waals surface area contributed by atoms with Gasteiger partial charge in [-0.05, 0) is 36.3 Å². The maximum Gasteiger partial charge on any atom is 0.291 e. The van der Waals surface area contributed by atoms with E-state index < -0.39 is 0 Å². The predicted octanol–water partition coefficient (Wildman–Crippen LogP) is 4.81. The first-order valence-corrected chi connectivity index (χ1v) is 9.73. The van der Waals surface area contributed by atoms with Crippen LogP contribution in [0.5, 0.6) is 0 Å². The summed E-state index contributed by atoms with van der Waals surface area (Å²) in [6.45, 7) is 3.60. The summed E-state index contributed by atoms with van der Waals surface area (Å²) in [5, 5.41) is 0. The lowest BCUT2D eigenvalue weighted by molar-refractivity contribution is 0.0764. The van der Waals surface area contributed by atoms with Gasteiger partial charge in [0, 0.05) is 6.54 Å². The van der Waals surface area contributed by atoms with Crippen molar-refractivity contribution in [2.45, 2.75) is 64.5 Å². The monoisotopic (exact) mass is 337 g/mol. The summed E-state index contributed by atoms with van der Waals surface area (Å²) in [6, 6.07) is 8.95. The van der Waals surface area contributed by atoms with Gasteiger partial charge in [-0.1, -0.05) is 56.9 Å². The van der Waals surface area contributed by atoms with Crippen LogP contribution in [0.4, 0.5) is 0 Å². The molecule has 1 saturated carbocycles. The van der Waals surface area contributed by atoms with Crippen LogP contribution in [0.1, 0.15) is 74.0 Å². The minimum Gasteiger partial charge on any atom is -0.318 e. The molecule has 2 aliphatic rings. The third-order valence-corrected chi connectivity index (χ3v) is 5.71. The van der Waals surface area contributed by atoms with Crippen molar-refractivity contribution in [2.24, 2.45) is 0 Å². The molecule has 0 N–H and O–H groups in total. The molecule has 4 nitrogen and oxygen atoms in total. The number of nitrogens with zero attached hydrogens (tertiary/aromatic N) is 3. The van der Waals surface area contributed by atoms with E-state index in [0.29, 0.717) is 12.5 Å². The second-order valence-corrected chi connectivity index (χ2v) is 7.42. The zero-order chi connectivity index (χ0) is 17.2. The van der Waals surface area contributed by atoms with Gasteiger partial charge in [-0.25, -0.2) is 4.98 Å². The number of fused-ring (bicyclic) bond motifs is 1. The Labute approximate surface area is 149 Å². The number of amides is 1. The molecule has 1 aliphatic carbocycles. The van der Waals surface area contributed by atoms with E-state index in [4.69, 9.17) is 0 Å². The van der Waals surface area contributed by atoms with Crippen molar-refractivity contribution >= 4 is 5.91 Å². The molecule has 25 heavy (non-hydrogen) atoms. The lowest BCUT2D eigenvalue weighted by Crippen LogP contribution is -2.25. The molecule has 4 rings (SSSR count). The molecule has 2 aromatic rings. The van der Waals surface area contributed by atoms with Crippen LogP contribution in [0.2, 0.25) is 0 Å². The molecule has 132 valence electrons. The normalized spacial score (nSPS) is 18.0. The van der Waals surface area contributed by atoms with Gasteiger partial charge in [0.1, 0.15) is 0 Å². The van der Waals surface area contributed by atoms with E-state index in [1.54, 1.807) is 0 Å². The van der Waals surface area contributed by atoms with Gasteiger partial charge >= 0.3 is 0 Å². The van der Waals surface area contributed by atoms with Crippen LogP contribution in [0, 0.1) is 0 Å². The zero-order valence-corrected chi connectivity index (χ0v) is 15.1. The van der Waals surface area contributed by atoms with Crippen molar-refractivity contribution < 1.29 is 4.79 Å². The Morgan fingerprint density at radius 2 is 1.88 bits per heavy atom. The van der Waals surface area contributed by atoms with E-state index in [-0.39, 0.29) is 5.91 Å². The summed E-state index contributed by atoms with van der Waals surface area (Å²) < 4.78 is 2.06. The van der Waals surface area contributed by atoms with Crippen molar-refractivity contribution in [3.05, 3.63) is 41.9 Å². The van der Waals surface area contributed by atoms with Gasteiger partial charge in [0.05, 0.1) is 18.6 Å². The molecular weight excluding hydrogens is 310 g/mol. The Balaban J connectivity index is 1.54. The summed E-state index contributed by atoms with van der Waals surface area (Å²) in [5.74, 6) is 1.38. The molecule has 1 fully saturated rings. The number of hydrogen-bond acceptors (Lipinski definition) is 2. The van der Waals surface area contributed by atoms with Gasteiger partial charge in [-0.15, -0.1) is 0 Å². The van der Waals surface area contributed by atoms with Gasteiger partial charge < -0.3 is 9.47 Å². The first-order chi connectivity index (χ1) is 12.3. The molecule has 0 radical (unpaired) electrons. The molecular formula is C21H27N3O. The summed E-state index contributed by atoms with van der Waals surface area (Å²) in [7, 11) is 0. The highest BCUT2D eigenvalue weighted by Gasteiger charge is 2.30. The summed E-state index contributed by atoms with van der Waals surface area (Å²) in [4.78, 5) is 18.8. The minimum atomic E-state index is 0.0681. The van der Waals surface area contributed by atoms with Crippen LogP contribution in [-0.4, -0.2) is 26.9 Å². The molecule has 2 heterocycles. The van der Waals surface area contributed by atoms with E-state index in [9.17, 15) is 4.79 Å². The van der Waals surface area contributed by atoms with Crippen LogP contribution in [0.15, 0.2) is 30.5 Å². The number of aromatic nitrogens is 2. The second kappa shape index (κ2) is 7.03. The molecule has 0 atom stereocenters. The Hall–Kier alpha value is -2.10. The van der Waals surface area contributed by atoms with Gasteiger partial charge in [0.25, 0.3) is 5.91 Å². The lowest BCUT2D eigenvalue weighted by atomic mass is 9.84. The van der Waals surface area contributed by atoms with E-state index in [1.165, 1.54) is 37.7 Å².